The van der Waals surface area contributed by atoms with Crippen molar-refractivity contribution in [2.75, 3.05) is 36.0 Å². The number of carbonyl (C=O) groups excluding carboxylic acids is 1. The first kappa shape index (κ1) is 19.5. The smallest absolute Gasteiger partial charge is 0.266 e. The van der Waals surface area contributed by atoms with Crippen molar-refractivity contribution in [1.82, 2.24) is 15.5 Å². The van der Waals surface area contributed by atoms with Crippen molar-refractivity contribution >= 4 is 17.3 Å². The maximum Gasteiger partial charge on any atom is 0.266 e. The van der Waals surface area contributed by atoms with Gasteiger partial charge in [0.15, 0.2) is 0 Å². The minimum Gasteiger partial charge on any atom is -0.372 e. The molecule has 7 nitrogen and oxygen atoms in total. The van der Waals surface area contributed by atoms with Crippen LogP contribution in [-0.4, -0.2) is 42.3 Å². The van der Waals surface area contributed by atoms with E-state index in [4.69, 9.17) is 0 Å². The molecule has 0 aliphatic carbocycles. The van der Waals surface area contributed by atoms with Gasteiger partial charge in [0.05, 0.1) is 17.8 Å². The van der Waals surface area contributed by atoms with E-state index >= 15 is 0 Å². The van der Waals surface area contributed by atoms with Crippen LogP contribution >= 0.6 is 0 Å². The summed E-state index contributed by atoms with van der Waals surface area (Å²) in [7, 11) is 0. The van der Waals surface area contributed by atoms with Crippen LogP contribution < -0.4 is 20.7 Å². The zero-order valence-corrected chi connectivity index (χ0v) is 16.8. The highest BCUT2D eigenvalue weighted by atomic mass is 16.2. The number of hydrogen-bond acceptors (Lipinski definition) is 5. The number of benzene rings is 1. The highest BCUT2D eigenvalue weighted by Gasteiger charge is 2.26. The van der Waals surface area contributed by atoms with Crippen molar-refractivity contribution in [3.8, 4) is 0 Å². The average molecular weight is 396 g/mol. The van der Waals surface area contributed by atoms with Crippen LogP contribution in [0.1, 0.15) is 37.7 Å². The maximum atomic E-state index is 12.7. The molecule has 154 valence electrons. The standard InChI is InChI=1S/C22H29N5O2/c28-21-13-20(15-24-25-21)27-12-4-5-18(16-27)22(29)23-14-17-6-8-19(9-7-17)26-10-2-1-3-11-26/h6-9,13,15,18H,1-5,10-12,14,16H2,(H,23,29)(H,25,28)/t18-/m1/s1. The van der Waals surface area contributed by atoms with Gasteiger partial charge < -0.3 is 15.1 Å². The average Bonchev–Trinajstić information content (AvgIpc) is 2.78. The summed E-state index contributed by atoms with van der Waals surface area (Å²) in [4.78, 5) is 28.7. The molecule has 1 aromatic carbocycles. The van der Waals surface area contributed by atoms with Crippen LogP contribution in [0.3, 0.4) is 0 Å². The molecule has 2 N–H and O–H groups in total. The number of H-pyrrole nitrogens is 1. The lowest BCUT2D eigenvalue weighted by molar-refractivity contribution is -0.125. The molecule has 1 aromatic heterocycles. The topological polar surface area (TPSA) is 81.3 Å². The Hall–Kier alpha value is -2.83. The number of rotatable bonds is 5. The van der Waals surface area contributed by atoms with E-state index in [9.17, 15) is 9.59 Å². The number of piperidine rings is 2. The van der Waals surface area contributed by atoms with Crippen LogP contribution in [0.25, 0.3) is 0 Å². The third-order valence-corrected chi connectivity index (χ3v) is 5.93. The molecule has 2 aromatic rings. The van der Waals surface area contributed by atoms with Gasteiger partial charge in [-0.25, -0.2) is 5.10 Å². The molecule has 2 saturated heterocycles. The third-order valence-electron chi connectivity index (χ3n) is 5.93. The quantitative estimate of drug-likeness (QED) is 0.812. The van der Waals surface area contributed by atoms with Crippen LogP contribution in [0.5, 0.6) is 0 Å². The Morgan fingerprint density at radius 2 is 1.79 bits per heavy atom. The molecule has 2 aliphatic heterocycles. The fraction of sp³-hybridized carbons (Fsp3) is 0.500. The van der Waals surface area contributed by atoms with E-state index in [0.717, 1.165) is 43.7 Å². The predicted molar refractivity (Wildman–Crippen MR) is 114 cm³/mol. The molecule has 2 aliphatic rings. The van der Waals surface area contributed by atoms with Crippen molar-refractivity contribution in [1.29, 1.82) is 0 Å². The predicted octanol–water partition coefficient (Wildman–Crippen LogP) is 2.29. The number of nitrogens with one attached hydrogen (secondary N) is 2. The van der Waals surface area contributed by atoms with Crippen molar-refractivity contribution < 1.29 is 4.79 Å². The number of aromatic amines is 1. The van der Waals surface area contributed by atoms with Crippen LogP contribution in [0.15, 0.2) is 41.3 Å². The minimum atomic E-state index is -0.220. The normalized spacial score (nSPS) is 19.8. The largest absolute Gasteiger partial charge is 0.372 e. The summed E-state index contributed by atoms with van der Waals surface area (Å²) < 4.78 is 0. The summed E-state index contributed by atoms with van der Waals surface area (Å²) in [5.41, 5.74) is 2.95. The minimum absolute atomic E-state index is 0.0735. The van der Waals surface area contributed by atoms with Crippen LogP contribution in [0.4, 0.5) is 11.4 Å². The number of nitrogens with zero attached hydrogens (tertiary/aromatic N) is 3. The number of carbonyl (C=O) groups is 1. The van der Waals surface area contributed by atoms with E-state index in [0.29, 0.717) is 13.1 Å². The van der Waals surface area contributed by atoms with Crippen molar-refractivity contribution in [3.63, 3.8) is 0 Å². The summed E-state index contributed by atoms with van der Waals surface area (Å²) in [6.07, 6.45) is 7.30. The fourth-order valence-corrected chi connectivity index (χ4v) is 4.27. The summed E-state index contributed by atoms with van der Waals surface area (Å²) in [5.74, 6) is 0.00303. The lowest BCUT2D eigenvalue weighted by atomic mass is 9.96. The molecule has 4 rings (SSSR count). The second-order valence-corrected chi connectivity index (χ2v) is 8.02. The second kappa shape index (κ2) is 9.11. The number of amides is 1. The first-order valence-electron chi connectivity index (χ1n) is 10.6. The van der Waals surface area contributed by atoms with Crippen molar-refractivity contribution in [3.05, 3.63) is 52.4 Å². The molecule has 1 amide bonds. The van der Waals surface area contributed by atoms with Gasteiger partial charge in [-0.05, 0) is 49.8 Å². The Bertz CT molecular complexity index is 873. The molecule has 3 heterocycles. The van der Waals surface area contributed by atoms with Gasteiger partial charge >= 0.3 is 0 Å². The van der Waals surface area contributed by atoms with E-state index in [2.05, 4.69) is 49.6 Å². The molecular weight excluding hydrogens is 366 g/mol. The van der Waals surface area contributed by atoms with Crippen LogP contribution in [-0.2, 0) is 11.3 Å². The fourth-order valence-electron chi connectivity index (χ4n) is 4.27. The molecule has 0 radical (unpaired) electrons. The highest BCUT2D eigenvalue weighted by molar-refractivity contribution is 5.79. The van der Waals surface area contributed by atoms with Crippen molar-refractivity contribution in [2.45, 2.75) is 38.6 Å². The van der Waals surface area contributed by atoms with Gasteiger partial charge in [-0.2, -0.15) is 5.10 Å². The molecule has 7 heteroatoms. The van der Waals surface area contributed by atoms with Crippen molar-refractivity contribution in [2.24, 2.45) is 5.92 Å². The molecule has 0 spiro atoms. The highest BCUT2D eigenvalue weighted by Crippen LogP contribution is 2.22. The zero-order chi connectivity index (χ0) is 20.1. The lowest BCUT2D eigenvalue weighted by Crippen LogP contribution is -2.43. The van der Waals surface area contributed by atoms with E-state index in [-0.39, 0.29) is 17.4 Å². The van der Waals surface area contributed by atoms with Gasteiger partial charge in [-0.1, -0.05) is 12.1 Å². The Morgan fingerprint density at radius 1 is 1.03 bits per heavy atom. The molecule has 0 unspecified atom stereocenters. The number of anilines is 2. The zero-order valence-electron chi connectivity index (χ0n) is 16.8. The molecule has 0 saturated carbocycles. The lowest BCUT2D eigenvalue weighted by Gasteiger charge is -2.33. The number of aromatic nitrogens is 2. The van der Waals surface area contributed by atoms with Gasteiger partial charge in [0, 0.05) is 44.5 Å². The summed E-state index contributed by atoms with van der Waals surface area (Å²) in [6, 6.07) is 10.1. The molecule has 1 atom stereocenters. The van der Waals surface area contributed by atoms with Gasteiger partial charge in [-0.15, -0.1) is 0 Å². The summed E-state index contributed by atoms with van der Waals surface area (Å²) in [6.45, 7) is 4.27. The Labute approximate surface area is 171 Å². The maximum absolute atomic E-state index is 12.7. The van der Waals surface area contributed by atoms with E-state index in [1.807, 2.05) is 0 Å². The van der Waals surface area contributed by atoms with Gasteiger partial charge in [-0.3, -0.25) is 9.59 Å². The SMILES string of the molecule is O=C(NCc1ccc(N2CCCCC2)cc1)[C@@H]1CCCN(c2cn[nH]c(=O)c2)C1. The summed E-state index contributed by atoms with van der Waals surface area (Å²) in [5, 5.41) is 9.34. The molecule has 0 bridgehead atoms. The van der Waals surface area contributed by atoms with E-state index in [1.54, 1.807) is 6.20 Å². The third kappa shape index (κ3) is 4.96. The summed E-state index contributed by atoms with van der Waals surface area (Å²) >= 11 is 0. The Balaban J connectivity index is 1.30. The van der Waals surface area contributed by atoms with Crippen LogP contribution in [0, 0.1) is 5.92 Å². The van der Waals surface area contributed by atoms with E-state index < -0.39 is 0 Å². The number of hydrogen-bond donors (Lipinski definition) is 2. The molecular formula is C22H29N5O2. The molecule has 29 heavy (non-hydrogen) atoms. The monoisotopic (exact) mass is 395 g/mol. The van der Waals surface area contributed by atoms with Gasteiger partial charge in [0.25, 0.3) is 5.56 Å². The molecule has 2 fully saturated rings. The Kier molecular flexibility index (Phi) is 6.12. The van der Waals surface area contributed by atoms with Gasteiger partial charge in [0.1, 0.15) is 0 Å². The van der Waals surface area contributed by atoms with Gasteiger partial charge in [0.2, 0.25) is 5.91 Å². The second-order valence-electron chi connectivity index (χ2n) is 8.02. The van der Waals surface area contributed by atoms with Crippen LogP contribution in [0.2, 0.25) is 0 Å². The van der Waals surface area contributed by atoms with E-state index in [1.165, 1.54) is 31.0 Å². The first-order chi connectivity index (χ1) is 14.2. The Morgan fingerprint density at radius 3 is 2.55 bits per heavy atom. The first-order valence-corrected chi connectivity index (χ1v) is 10.6.